The Labute approximate surface area is 218 Å². The van der Waals surface area contributed by atoms with Gasteiger partial charge in [0.2, 0.25) is 10.0 Å². The van der Waals surface area contributed by atoms with Crippen LogP contribution in [0.1, 0.15) is 27.4 Å². The van der Waals surface area contributed by atoms with E-state index in [2.05, 4.69) is 15.4 Å². The molecule has 0 bridgehead atoms. The fourth-order valence-electron chi connectivity index (χ4n) is 4.47. The first-order valence-electron chi connectivity index (χ1n) is 11.9. The summed E-state index contributed by atoms with van der Waals surface area (Å²) < 4.78 is 62.4. The first-order valence-corrected chi connectivity index (χ1v) is 13.3. The molecule has 0 atom stereocenters. The van der Waals surface area contributed by atoms with Crippen LogP contribution in [0.25, 0.3) is 16.8 Å². The summed E-state index contributed by atoms with van der Waals surface area (Å²) >= 11 is 0. The van der Waals surface area contributed by atoms with Gasteiger partial charge in [-0.05, 0) is 56.2 Å². The summed E-state index contributed by atoms with van der Waals surface area (Å²) in [5.41, 5.74) is 3.01. The second-order valence-corrected chi connectivity index (χ2v) is 11.0. The van der Waals surface area contributed by atoms with E-state index in [4.69, 9.17) is 4.74 Å². The largest absolute Gasteiger partial charge is 0.379 e. The van der Waals surface area contributed by atoms with Crippen LogP contribution >= 0.6 is 0 Å². The van der Waals surface area contributed by atoms with E-state index in [1.54, 1.807) is 39.0 Å². The van der Waals surface area contributed by atoms with E-state index < -0.39 is 27.6 Å². The smallest absolute Gasteiger partial charge is 0.276 e. The normalized spacial score (nSPS) is 14.7. The first-order chi connectivity index (χ1) is 18.1. The average molecular weight is 542 g/mol. The zero-order valence-corrected chi connectivity index (χ0v) is 21.8. The topological polar surface area (TPSA) is 106 Å². The lowest BCUT2D eigenvalue weighted by atomic mass is 10.0. The van der Waals surface area contributed by atoms with Crippen LogP contribution in [0.3, 0.4) is 0 Å². The fraction of sp³-hybridized carbons (Fsp3) is 0.269. The number of morpholine rings is 1. The van der Waals surface area contributed by atoms with E-state index in [1.165, 1.54) is 21.0 Å². The molecule has 1 aliphatic heterocycles. The third-order valence-electron chi connectivity index (χ3n) is 6.35. The van der Waals surface area contributed by atoms with Gasteiger partial charge in [-0.25, -0.2) is 26.7 Å². The Morgan fingerprint density at radius 3 is 2.45 bits per heavy atom. The standard InChI is InChI=1S/C26H25F2N5O4S/c1-15-4-5-18(13-22(15)38(35,36)32-8-10-37-11-9-32)23-24(31-33-17(3)12-16(2)29-25(23)33)26(34)30-19-6-7-20(27)21(28)14-19/h4-7,12-14H,8-11H2,1-3H3,(H,30,34). The van der Waals surface area contributed by atoms with Crippen molar-refractivity contribution in [1.29, 1.82) is 0 Å². The lowest BCUT2D eigenvalue weighted by Gasteiger charge is -2.26. The van der Waals surface area contributed by atoms with Crippen molar-refractivity contribution in [2.24, 2.45) is 0 Å². The Morgan fingerprint density at radius 2 is 1.74 bits per heavy atom. The van der Waals surface area contributed by atoms with E-state index in [9.17, 15) is 22.0 Å². The van der Waals surface area contributed by atoms with Crippen LogP contribution < -0.4 is 5.32 Å². The van der Waals surface area contributed by atoms with Gasteiger partial charge in [0.15, 0.2) is 23.0 Å². The molecule has 0 aliphatic carbocycles. The summed E-state index contributed by atoms with van der Waals surface area (Å²) in [5, 5.41) is 7.02. The maximum absolute atomic E-state index is 13.8. The number of ether oxygens (including phenoxy) is 1. The highest BCUT2D eigenvalue weighted by Crippen LogP contribution is 2.33. The molecule has 2 aromatic heterocycles. The van der Waals surface area contributed by atoms with E-state index in [0.717, 1.165) is 12.1 Å². The number of hydrogen-bond donors (Lipinski definition) is 1. The van der Waals surface area contributed by atoms with Gasteiger partial charge < -0.3 is 10.1 Å². The minimum atomic E-state index is -3.84. The summed E-state index contributed by atoms with van der Waals surface area (Å²) in [6, 6.07) is 9.71. The molecule has 1 aliphatic rings. The van der Waals surface area contributed by atoms with Crippen LogP contribution in [-0.2, 0) is 14.8 Å². The van der Waals surface area contributed by atoms with Crippen molar-refractivity contribution >= 4 is 27.3 Å². The van der Waals surface area contributed by atoms with Gasteiger partial charge in [-0.2, -0.15) is 9.40 Å². The van der Waals surface area contributed by atoms with Gasteiger partial charge in [-0.1, -0.05) is 12.1 Å². The Hall–Kier alpha value is -3.74. The minimum absolute atomic E-state index is 0.0391. The number of nitrogens with zero attached hydrogens (tertiary/aromatic N) is 4. The molecule has 198 valence electrons. The van der Waals surface area contributed by atoms with Crippen molar-refractivity contribution in [3.05, 3.63) is 76.7 Å². The number of hydrogen-bond acceptors (Lipinski definition) is 6. The third kappa shape index (κ3) is 4.66. The third-order valence-corrected chi connectivity index (χ3v) is 8.39. The summed E-state index contributed by atoms with van der Waals surface area (Å²) in [6.45, 7) is 6.41. The second-order valence-electron chi connectivity index (χ2n) is 9.08. The second kappa shape index (κ2) is 9.86. The van der Waals surface area contributed by atoms with Crippen molar-refractivity contribution in [3.8, 4) is 11.1 Å². The Morgan fingerprint density at radius 1 is 1.00 bits per heavy atom. The van der Waals surface area contributed by atoms with Gasteiger partial charge in [-0.15, -0.1) is 0 Å². The van der Waals surface area contributed by atoms with Crippen molar-refractivity contribution in [2.45, 2.75) is 25.7 Å². The quantitative estimate of drug-likeness (QED) is 0.411. The molecule has 0 unspecified atom stereocenters. The number of carbonyl (C=O) groups excluding carboxylic acids is 1. The molecule has 3 heterocycles. The summed E-state index contributed by atoms with van der Waals surface area (Å²) in [7, 11) is -3.84. The van der Waals surface area contributed by atoms with Crippen LogP contribution in [0.2, 0.25) is 0 Å². The molecule has 0 saturated carbocycles. The van der Waals surface area contributed by atoms with Crippen LogP contribution in [0.15, 0.2) is 47.4 Å². The summed E-state index contributed by atoms with van der Waals surface area (Å²) in [4.78, 5) is 18.1. The molecular formula is C26H25F2N5O4S. The van der Waals surface area contributed by atoms with E-state index in [1.807, 2.05) is 0 Å². The van der Waals surface area contributed by atoms with Crippen molar-refractivity contribution in [1.82, 2.24) is 18.9 Å². The number of halogens is 2. The molecule has 38 heavy (non-hydrogen) atoms. The molecule has 1 saturated heterocycles. The monoisotopic (exact) mass is 541 g/mol. The first kappa shape index (κ1) is 25.9. The number of rotatable bonds is 5. The Bertz CT molecular complexity index is 1680. The highest BCUT2D eigenvalue weighted by molar-refractivity contribution is 7.89. The van der Waals surface area contributed by atoms with Gasteiger partial charge in [0.1, 0.15) is 0 Å². The SMILES string of the molecule is Cc1cc(C)n2nc(C(=O)Nc3ccc(F)c(F)c3)c(-c3ccc(C)c(S(=O)(=O)N4CCOCC4)c3)c2n1. The van der Waals surface area contributed by atoms with Gasteiger partial charge >= 0.3 is 0 Å². The van der Waals surface area contributed by atoms with E-state index in [-0.39, 0.29) is 29.4 Å². The number of aromatic nitrogens is 3. The maximum Gasteiger partial charge on any atom is 0.276 e. The molecule has 1 fully saturated rings. The number of carbonyl (C=O) groups is 1. The summed E-state index contributed by atoms with van der Waals surface area (Å²) in [6.07, 6.45) is 0. The Kier molecular flexibility index (Phi) is 6.72. The maximum atomic E-state index is 13.8. The molecule has 1 amide bonds. The van der Waals surface area contributed by atoms with Crippen LogP contribution in [0.4, 0.5) is 14.5 Å². The molecule has 0 spiro atoms. The van der Waals surface area contributed by atoms with E-state index in [0.29, 0.717) is 46.9 Å². The molecule has 9 nitrogen and oxygen atoms in total. The van der Waals surface area contributed by atoms with Gasteiger partial charge in [-0.3, -0.25) is 4.79 Å². The predicted molar refractivity (Wildman–Crippen MR) is 137 cm³/mol. The van der Waals surface area contributed by atoms with Crippen LogP contribution in [0.5, 0.6) is 0 Å². The molecule has 4 aromatic rings. The Balaban J connectivity index is 1.66. The van der Waals surface area contributed by atoms with Crippen LogP contribution in [0, 0.1) is 32.4 Å². The number of amides is 1. The average Bonchev–Trinajstić information content (AvgIpc) is 3.27. The molecule has 0 radical (unpaired) electrons. The van der Waals surface area contributed by atoms with E-state index >= 15 is 0 Å². The minimum Gasteiger partial charge on any atom is -0.379 e. The lowest BCUT2D eigenvalue weighted by Crippen LogP contribution is -2.40. The number of aryl methyl sites for hydroxylation is 3. The molecule has 2 aromatic carbocycles. The number of sulfonamides is 1. The van der Waals surface area contributed by atoms with Crippen LogP contribution in [-0.4, -0.2) is 59.5 Å². The molecular weight excluding hydrogens is 516 g/mol. The highest BCUT2D eigenvalue weighted by atomic mass is 32.2. The zero-order valence-electron chi connectivity index (χ0n) is 21.0. The molecule has 5 rings (SSSR count). The summed E-state index contributed by atoms with van der Waals surface area (Å²) in [5.74, 6) is -2.84. The van der Waals surface area contributed by atoms with Gasteiger partial charge in [0.25, 0.3) is 5.91 Å². The number of fused-ring (bicyclic) bond motifs is 1. The van der Waals surface area contributed by atoms with Crippen molar-refractivity contribution in [2.75, 3.05) is 31.6 Å². The number of anilines is 1. The lowest BCUT2D eigenvalue weighted by molar-refractivity contribution is 0.0730. The molecule has 12 heteroatoms. The highest BCUT2D eigenvalue weighted by Gasteiger charge is 2.30. The fourth-order valence-corrected chi connectivity index (χ4v) is 6.13. The van der Waals surface area contributed by atoms with Crippen molar-refractivity contribution < 1.29 is 26.7 Å². The van der Waals surface area contributed by atoms with Gasteiger partial charge in [0.05, 0.1) is 23.7 Å². The van der Waals surface area contributed by atoms with Crippen molar-refractivity contribution in [3.63, 3.8) is 0 Å². The van der Waals surface area contributed by atoms with Gasteiger partial charge in [0, 0.05) is 36.2 Å². The number of benzene rings is 2. The zero-order chi connectivity index (χ0) is 27.2. The predicted octanol–water partition coefficient (Wildman–Crippen LogP) is 3.87. The molecule has 1 N–H and O–H groups in total. The number of nitrogens with one attached hydrogen (secondary N) is 1.